The molecule has 18 heavy (non-hydrogen) atoms. The molecule has 0 aliphatic heterocycles. The standard InChI is InChI=1S/C14H15N3O/c1-10(7-12-3-2-6-18-12)17-14-8-11(9-15)4-5-13(14)16/h2-6,8,10,17H,7,16H2,1H3. The van der Waals surface area contributed by atoms with Crippen molar-refractivity contribution in [1.29, 1.82) is 5.26 Å². The highest BCUT2D eigenvalue weighted by atomic mass is 16.3. The summed E-state index contributed by atoms with van der Waals surface area (Å²) in [7, 11) is 0. The Hall–Kier alpha value is -2.41. The van der Waals surface area contributed by atoms with Crippen LogP contribution in [0, 0.1) is 11.3 Å². The molecule has 3 N–H and O–H groups in total. The Labute approximate surface area is 106 Å². The maximum atomic E-state index is 8.86. The average molecular weight is 241 g/mol. The second kappa shape index (κ2) is 5.28. The first-order valence-corrected chi connectivity index (χ1v) is 5.77. The first-order valence-electron chi connectivity index (χ1n) is 5.77. The van der Waals surface area contributed by atoms with Crippen LogP contribution in [0.1, 0.15) is 18.2 Å². The van der Waals surface area contributed by atoms with Crippen LogP contribution in [0.2, 0.25) is 0 Å². The van der Waals surface area contributed by atoms with Crippen molar-refractivity contribution in [2.24, 2.45) is 0 Å². The maximum absolute atomic E-state index is 8.86. The zero-order valence-electron chi connectivity index (χ0n) is 10.2. The van der Waals surface area contributed by atoms with Crippen LogP contribution in [0.25, 0.3) is 0 Å². The molecule has 4 heteroatoms. The summed E-state index contributed by atoms with van der Waals surface area (Å²) in [5.41, 5.74) is 7.89. The molecule has 0 fully saturated rings. The number of rotatable bonds is 4. The number of hydrogen-bond acceptors (Lipinski definition) is 4. The zero-order chi connectivity index (χ0) is 13.0. The number of nitriles is 1. The van der Waals surface area contributed by atoms with Crippen LogP contribution in [0.15, 0.2) is 41.0 Å². The fraction of sp³-hybridized carbons (Fsp3) is 0.214. The Bertz CT molecular complexity index is 555. The van der Waals surface area contributed by atoms with Gasteiger partial charge in [0.15, 0.2) is 0 Å². The van der Waals surface area contributed by atoms with Crippen molar-refractivity contribution < 1.29 is 4.42 Å². The third kappa shape index (κ3) is 2.83. The third-order valence-electron chi connectivity index (χ3n) is 2.67. The molecule has 2 rings (SSSR count). The normalized spacial score (nSPS) is 11.8. The first kappa shape index (κ1) is 12.1. The van der Waals surface area contributed by atoms with Gasteiger partial charge in [-0.15, -0.1) is 0 Å². The fourth-order valence-corrected chi connectivity index (χ4v) is 1.80. The molecule has 1 aromatic carbocycles. The molecule has 92 valence electrons. The second-order valence-corrected chi connectivity index (χ2v) is 4.24. The third-order valence-corrected chi connectivity index (χ3v) is 2.67. The van der Waals surface area contributed by atoms with Gasteiger partial charge in [-0.1, -0.05) is 0 Å². The highest BCUT2D eigenvalue weighted by molar-refractivity contribution is 5.68. The number of benzene rings is 1. The fourth-order valence-electron chi connectivity index (χ4n) is 1.80. The van der Waals surface area contributed by atoms with Gasteiger partial charge in [-0.25, -0.2) is 0 Å². The van der Waals surface area contributed by atoms with Crippen LogP contribution in [-0.4, -0.2) is 6.04 Å². The van der Waals surface area contributed by atoms with E-state index in [1.807, 2.05) is 19.1 Å². The van der Waals surface area contributed by atoms with Crippen LogP contribution in [-0.2, 0) is 6.42 Å². The van der Waals surface area contributed by atoms with Crippen molar-refractivity contribution in [3.8, 4) is 6.07 Å². The molecule has 2 aromatic rings. The van der Waals surface area contributed by atoms with E-state index in [9.17, 15) is 0 Å². The lowest BCUT2D eigenvalue weighted by molar-refractivity contribution is 0.498. The van der Waals surface area contributed by atoms with Crippen molar-refractivity contribution in [2.75, 3.05) is 11.1 Å². The molecular formula is C14H15N3O. The van der Waals surface area contributed by atoms with Crippen molar-refractivity contribution >= 4 is 11.4 Å². The van der Waals surface area contributed by atoms with E-state index in [-0.39, 0.29) is 6.04 Å². The Morgan fingerprint density at radius 2 is 2.28 bits per heavy atom. The van der Waals surface area contributed by atoms with E-state index in [2.05, 4.69) is 11.4 Å². The molecule has 1 atom stereocenters. The quantitative estimate of drug-likeness (QED) is 0.807. The van der Waals surface area contributed by atoms with E-state index in [0.29, 0.717) is 11.3 Å². The lowest BCUT2D eigenvalue weighted by atomic mass is 10.1. The van der Waals surface area contributed by atoms with Gasteiger partial charge in [-0.3, -0.25) is 0 Å². The number of nitrogens with one attached hydrogen (secondary N) is 1. The van der Waals surface area contributed by atoms with Gasteiger partial charge in [0.1, 0.15) is 5.76 Å². The number of nitrogens with two attached hydrogens (primary N) is 1. The van der Waals surface area contributed by atoms with Crippen LogP contribution in [0.5, 0.6) is 0 Å². The molecule has 0 saturated carbocycles. The van der Waals surface area contributed by atoms with Gasteiger partial charge in [0, 0.05) is 12.5 Å². The van der Waals surface area contributed by atoms with E-state index >= 15 is 0 Å². The number of anilines is 2. The van der Waals surface area contributed by atoms with Gasteiger partial charge in [0.2, 0.25) is 0 Å². The van der Waals surface area contributed by atoms with Crippen LogP contribution >= 0.6 is 0 Å². The summed E-state index contributed by atoms with van der Waals surface area (Å²) in [5.74, 6) is 0.921. The maximum Gasteiger partial charge on any atom is 0.105 e. The number of nitrogen functional groups attached to an aromatic ring is 1. The van der Waals surface area contributed by atoms with Gasteiger partial charge in [-0.05, 0) is 37.3 Å². The molecule has 0 amide bonds. The summed E-state index contributed by atoms with van der Waals surface area (Å²) in [5, 5.41) is 12.1. The summed E-state index contributed by atoms with van der Waals surface area (Å²) < 4.78 is 5.29. The number of furan rings is 1. The minimum absolute atomic E-state index is 0.174. The minimum Gasteiger partial charge on any atom is -0.469 e. The Morgan fingerprint density at radius 3 is 2.94 bits per heavy atom. The lowest BCUT2D eigenvalue weighted by Crippen LogP contribution is -2.18. The minimum atomic E-state index is 0.174. The van der Waals surface area contributed by atoms with E-state index in [1.165, 1.54) is 0 Å². The number of nitrogens with zero attached hydrogens (tertiary/aromatic N) is 1. The van der Waals surface area contributed by atoms with E-state index in [1.54, 1.807) is 24.5 Å². The lowest BCUT2D eigenvalue weighted by Gasteiger charge is -2.15. The molecular weight excluding hydrogens is 226 g/mol. The first-order chi connectivity index (χ1) is 8.69. The Morgan fingerprint density at radius 1 is 1.44 bits per heavy atom. The highest BCUT2D eigenvalue weighted by Crippen LogP contribution is 2.21. The highest BCUT2D eigenvalue weighted by Gasteiger charge is 2.08. The van der Waals surface area contributed by atoms with Gasteiger partial charge in [0.25, 0.3) is 0 Å². The smallest absolute Gasteiger partial charge is 0.105 e. The molecule has 0 spiro atoms. The molecule has 0 aliphatic carbocycles. The van der Waals surface area contributed by atoms with Gasteiger partial charge >= 0.3 is 0 Å². The summed E-state index contributed by atoms with van der Waals surface area (Å²) in [6.45, 7) is 2.04. The largest absolute Gasteiger partial charge is 0.469 e. The molecule has 0 saturated heterocycles. The number of hydrogen-bond donors (Lipinski definition) is 2. The summed E-state index contributed by atoms with van der Waals surface area (Å²) >= 11 is 0. The molecule has 0 aliphatic rings. The van der Waals surface area contributed by atoms with Gasteiger partial charge in [-0.2, -0.15) is 5.26 Å². The molecule has 1 unspecified atom stereocenters. The monoisotopic (exact) mass is 241 g/mol. The van der Waals surface area contributed by atoms with Gasteiger partial charge < -0.3 is 15.5 Å². The molecule has 0 bridgehead atoms. The van der Waals surface area contributed by atoms with Gasteiger partial charge in [0.05, 0.1) is 29.3 Å². The Balaban J connectivity index is 2.07. The molecule has 0 radical (unpaired) electrons. The van der Waals surface area contributed by atoms with E-state index in [4.69, 9.17) is 15.4 Å². The van der Waals surface area contributed by atoms with Crippen LogP contribution < -0.4 is 11.1 Å². The molecule has 1 aromatic heterocycles. The summed E-state index contributed by atoms with van der Waals surface area (Å²) in [6.07, 6.45) is 2.43. The average Bonchev–Trinajstić information content (AvgIpc) is 2.84. The van der Waals surface area contributed by atoms with Crippen LogP contribution in [0.4, 0.5) is 11.4 Å². The molecule has 4 nitrogen and oxygen atoms in total. The van der Waals surface area contributed by atoms with E-state index in [0.717, 1.165) is 17.9 Å². The summed E-state index contributed by atoms with van der Waals surface area (Å²) in [6, 6.07) is 11.3. The zero-order valence-corrected chi connectivity index (χ0v) is 10.2. The SMILES string of the molecule is CC(Cc1ccco1)Nc1cc(C#N)ccc1N. The van der Waals surface area contributed by atoms with Crippen molar-refractivity contribution in [2.45, 2.75) is 19.4 Å². The van der Waals surface area contributed by atoms with Crippen LogP contribution in [0.3, 0.4) is 0 Å². The van der Waals surface area contributed by atoms with Crippen molar-refractivity contribution in [3.63, 3.8) is 0 Å². The second-order valence-electron chi connectivity index (χ2n) is 4.24. The van der Waals surface area contributed by atoms with Crippen molar-refractivity contribution in [3.05, 3.63) is 47.9 Å². The topological polar surface area (TPSA) is 75.0 Å². The Kier molecular flexibility index (Phi) is 3.54. The summed E-state index contributed by atoms with van der Waals surface area (Å²) in [4.78, 5) is 0. The van der Waals surface area contributed by atoms with E-state index < -0.39 is 0 Å². The van der Waals surface area contributed by atoms with Crippen molar-refractivity contribution in [1.82, 2.24) is 0 Å². The predicted octanol–water partition coefficient (Wildman–Crippen LogP) is 2.78. The predicted molar refractivity (Wildman–Crippen MR) is 71.1 cm³/mol. The molecule has 1 heterocycles.